The molecule has 0 saturated carbocycles. The van der Waals surface area contributed by atoms with Gasteiger partial charge in [-0.15, -0.1) is 0 Å². The summed E-state index contributed by atoms with van der Waals surface area (Å²) in [5.74, 6) is 0.124. The van der Waals surface area contributed by atoms with Crippen LogP contribution in [-0.2, 0) is 6.42 Å². The molecule has 4 heteroatoms. The van der Waals surface area contributed by atoms with Crippen molar-refractivity contribution in [2.75, 3.05) is 0 Å². The van der Waals surface area contributed by atoms with Gasteiger partial charge in [0.2, 0.25) is 0 Å². The van der Waals surface area contributed by atoms with E-state index in [1.54, 1.807) is 24.3 Å². The van der Waals surface area contributed by atoms with Gasteiger partial charge in [0.25, 0.3) is 0 Å². The first-order chi connectivity index (χ1) is 9.65. The molecule has 0 amide bonds. The molecule has 3 aromatic rings. The molecular weight excluding hydrogens is 323 g/mol. The number of halogens is 2. The van der Waals surface area contributed by atoms with Crippen molar-refractivity contribution in [3.8, 4) is 0 Å². The largest absolute Gasteiger partial charge is 0.457 e. The quantitative estimate of drug-likeness (QED) is 0.758. The normalized spacial score (nSPS) is 12.8. The first-order valence-corrected chi connectivity index (χ1v) is 7.04. The third-order valence-electron chi connectivity index (χ3n) is 3.21. The van der Waals surface area contributed by atoms with Crippen LogP contribution in [0.1, 0.15) is 17.4 Å². The van der Waals surface area contributed by atoms with E-state index in [0.29, 0.717) is 16.9 Å². The van der Waals surface area contributed by atoms with Crippen LogP contribution < -0.4 is 0 Å². The van der Waals surface area contributed by atoms with Crippen LogP contribution in [0.5, 0.6) is 0 Å². The molecular formula is C16H12BrFO2. The van der Waals surface area contributed by atoms with E-state index < -0.39 is 6.10 Å². The lowest BCUT2D eigenvalue weighted by molar-refractivity contribution is 0.151. The summed E-state index contributed by atoms with van der Waals surface area (Å²) in [6.45, 7) is 0. The summed E-state index contributed by atoms with van der Waals surface area (Å²) in [5, 5.41) is 11.1. The summed E-state index contributed by atoms with van der Waals surface area (Å²) in [5.41, 5.74) is 1.16. The van der Waals surface area contributed by atoms with Crippen molar-refractivity contribution in [2.45, 2.75) is 12.5 Å². The number of para-hydroxylation sites is 1. The second kappa shape index (κ2) is 5.38. The molecule has 1 aromatic heterocycles. The zero-order chi connectivity index (χ0) is 14.1. The molecule has 1 unspecified atom stereocenters. The fourth-order valence-electron chi connectivity index (χ4n) is 2.18. The molecule has 0 spiro atoms. The second-order valence-corrected chi connectivity index (χ2v) is 5.47. The van der Waals surface area contributed by atoms with Gasteiger partial charge in [0.15, 0.2) is 0 Å². The molecule has 0 radical (unpaired) electrons. The highest BCUT2D eigenvalue weighted by molar-refractivity contribution is 9.10. The maximum Gasteiger partial charge on any atom is 0.148 e. The highest BCUT2D eigenvalue weighted by Gasteiger charge is 2.16. The van der Waals surface area contributed by atoms with E-state index in [2.05, 4.69) is 15.9 Å². The molecule has 0 saturated heterocycles. The van der Waals surface area contributed by atoms with Gasteiger partial charge in [0.1, 0.15) is 23.3 Å². The standard InChI is InChI=1S/C16H12BrFO2/c17-12-6-3-5-11-9-15(20-16(11)12)14(19)8-10-4-1-2-7-13(10)18/h1-7,9,14,19H,8H2. The molecule has 0 aliphatic rings. The van der Waals surface area contributed by atoms with Gasteiger partial charge in [-0.1, -0.05) is 30.3 Å². The molecule has 2 aromatic carbocycles. The Hall–Kier alpha value is -1.65. The van der Waals surface area contributed by atoms with Crippen LogP contribution >= 0.6 is 15.9 Å². The van der Waals surface area contributed by atoms with Crippen molar-refractivity contribution in [3.05, 3.63) is 70.1 Å². The molecule has 1 atom stereocenters. The number of furan rings is 1. The van der Waals surface area contributed by atoms with Crippen molar-refractivity contribution >= 4 is 26.9 Å². The number of rotatable bonds is 3. The SMILES string of the molecule is OC(Cc1ccccc1F)c1cc2cccc(Br)c2o1. The Bertz CT molecular complexity index is 751. The van der Waals surface area contributed by atoms with E-state index in [0.717, 1.165) is 9.86 Å². The summed E-state index contributed by atoms with van der Waals surface area (Å²) in [4.78, 5) is 0. The number of fused-ring (bicyclic) bond motifs is 1. The van der Waals surface area contributed by atoms with E-state index in [9.17, 15) is 9.50 Å². The molecule has 0 fully saturated rings. The number of aliphatic hydroxyl groups is 1. The van der Waals surface area contributed by atoms with E-state index in [-0.39, 0.29) is 12.2 Å². The molecule has 3 rings (SSSR count). The predicted molar refractivity (Wildman–Crippen MR) is 79.0 cm³/mol. The van der Waals surface area contributed by atoms with Gasteiger partial charge in [-0.25, -0.2) is 4.39 Å². The molecule has 0 bridgehead atoms. The summed E-state index contributed by atoms with van der Waals surface area (Å²) in [6.07, 6.45) is -0.685. The minimum Gasteiger partial charge on any atom is -0.457 e. The van der Waals surface area contributed by atoms with Crippen LogP contribution in [0.4, 0.5) is 4.39 Å². The van der Waals surface area contributed by atoms with Gasteiger partial charge >= 0.3 is 0 Å². The Morgan fingerprint density at radius 2 is 1.95 bits per heavy atom. The van der Waals surface area contributed by atoms with E-state index in [1.165, 1.54) is 6.07 Å². The van der Waals surface area contributed by atoms with Crippen LogP contribution in [0.3, 0.4) is 0 Å². The summed E-state index contributed by atoms with van der Waals surface area (Å²) >= 11 is 3.40. The van der Waals surface area contributed by atoms with Crippen LogP contribution in [0.15, 0.2) is 57.4 Å². The molecule has 0 aliphatic carbocycles. The van der Waals surface area contributed by atoms with E-state index >= 15 is 0 Å². The average molecular weight is 335 g/mol. The number of benzene rings is 2. The molecule has 102 valence electrons. The summed E-state index contributed by atoms with van der Waals surface area (Å²) in [7, 11) is 0. The number of hydrogen-bond donors (Lipinski definition) is 1. The minimum atomic E-state index is -0.869. The molecule has 20 heavy (non-hydrogen) atoms. The van der Waals surface area contributed by atoms with Gasteiger partial charge in [-0.2, -0.15) is 0 Å². The zero-order valence-electron chi connectivity index (χ0n) is 10.5. The van der Waals surface area contributed by atoms with Gasteiger partial charge in [0.05, 0.1) is 4.47 Å². The average Bonchev–Trinajstić information content (AvgIpc) is 2.87. The van der Waals surface area contributed by atoms with E-state index in [4.69, 9.17) is 4.42 Å². The topological polar surface area (TPSA) is 33.4 Å². The predicted octanol–water partition coefficient (Wildman–Crippen LogP) is 4.61. The van der Waals surface area contributed by atoms with Crippen LogP contribution in [0.25, 0.3) is 11.0 Å². The molecule has 1 N–H and O–H groups in total. The van der Waals surface area contributed by atoms with Crippen LogP contribution in [0, 0.1) is 5.82 Å². The van der Waals surface area contributed by atoms with Crippen molar-refractivity contribution < 1.29 is 13.9 Å². The van der Waals surface area contributed by atoms with E-state index in [1.807, 2.05) is 18.2 Å². The second-order valence-electron chi connectivity index (χ2n) is 4.62. The van der Waals surface area contributed by atoms with Crippen molar-refractivity contribution in [3.63, 3.8) is 0 Å². The third-order valence-corrected chi connectivity index (χ3v) is 3.84. The summed E-state index contributed by atoms with van der Waals surface area (Å²) < 4.78 is 20.1. The maximum atomic E-state index is 13.6. The third kappa shape index (κ3) is 2.49. The van der Waals surface area contributed by atoms with Crippen molar-refractivity contribution in [1.82, 2.24) is 0 Å². The van der Waals surface area contributed by atoms with Gasteiger partial charge in [-0.05, 0) is 39.7 Å². The molecule has 1 heterocycles. The highest BCUT2D eigenvalue weighted by Crippen LogP contribution is 2.31. The lowest BCUT2D eigenvalue weighted by Crippen LogP contribution is -2.02. The van der Waals surface area contributed by atoms with Crippen molar-refractivity contribution in [1.29, 1.82) is 0 Å². The van der Waals surface area contributed by atoms with Crippen molar-refractivity contribution in [2.24, 2.45) is 0 Å². The fourth-order valence-corrected chi connectivity index (χ4v) is 2.65. The van der Waals surface area contributed by atoms with Gasteiger partial charge in [-0.3, -0.25) is 0 Å². The Morgan fingerprint density at radius 1 is 1.15 bits per heavy atom. The summed E-state index contributed by atoms with van der Waals surface area (Å²) in [6, 6.07) is 13.9. The lowest BCUT2D eigenvalue weighted by atomic mass is 10.1. The monoisotopic (exact) mass is 334 g/mol. The van der Waals surface area contributed by atoms with Crippen LogP contribution in [0.2, 0.25) is 0 Å². The molecule has 2 nitrogen and oxygen atoms in total. The maximum absolute atomic E-state index is 13.6. The zero-order valence-corrected chi connectivity index (χ0v) is 12.1. The smallest absolute Gasteiger partial charge is 0.148 e. The van der Waals surface area contributed by atoms with Crippen LogP contribution in [-0.4, -0.2) is 5.11 Å². The Kier molecular flexibility index (Phi) is 3.59. The lowest BCUT2D eigenvalue weighted by Gasteiger charge is -2.08. The highest BCUT2D eigenvalue weighted by atomic mass is 79.9. The fraction of sp³-hybridized carbons (Fsp3) is 0.125. The Balaban J connectivity index is 1.91. The first-order valence-electron chi connectivity index (χ1n) is 6.24. The number of hydrogen-bond acceptors (Lipinski definition) is 2. The molecule has 0 aliphatic heterocycles. The Labute approximate surface area is 124 Å². The van der Waals surface area contributed by atoms with Gasteiger partial charge in [0, 0.05) is 11.8 Å². The number of aliphatic hydroxyl groups excluding tert-OH is 1. The first kappa shape index (κ1) is 13.3. The Morgan fingerprint density at radius 3 is 2.70 bits per heavy atom. The van der Waals surface area contributed by atoms with Gasteiger partial charge < -0.3 is 9.52 Å². The minimum absolute atomic E-state index is 0.185.